The van der Waals surface area contributed by atoms with Crippen molar-refractivity contribution in [3.63, 3.8) is 0 Å². The van der Waals surface area contributed by atoms with Crippen LogP contribution in [-0.2, 0) is 17.9 Å². The van der Waals surface area contributed by atoms with Crippen LogP contribution in [0.25, 0.3) is 0 Å². The van der Waals surface area contributed by atoms with Crippen LogP contribution in [0.15, 0.2) is 54.3 Å². The summed E-state index contributed by atoms with van der Waals surface area (Å²) in [6.45, 7) is 1.06. The molecule has 2 N–H and O–H groups in total. The van der Waals surface area contributed by atoms with E-state index in [1.165, 1.54) is 12.1 Å². The van der Waals surface area contributed by atoms with Gasteiger partial charge in [-0.2, -0.15) is 0 Å². The Hall–Kier alpha value is -3.13. The summed E-state index contributed by atoms with van der Waals surface area (Å²) < 4.78 is 1.82. The van der Waals surface area contributed by atoms with E-state index in [0.29, 0.717) is 18.7 Å². The molecule has 138 valence electrons. The molecule has 1 aliphatic rings. The van der Waals surface area contributed by atoms with Crippen molar-refractivity contribution in [2.75, 3.05) is 6.54 Å². The predicted octanol–water partition coefficient (Wildman–Crippen LogP) is 2.16. The third-order valence-corrected chi connectivity index (χ3v) is 5.40. The highest BCUT2D eigenvalue weighted by atomic mass is 32.1. The zero-order valence-corrected chi connectivity index (χ0v) is 15.2. The molecule has 7 nitrogen and oxygen atoms in total. The van der Waals surface area contributed by atoms with Crippen molar-refractivity contribution in [3.8, 4) is 5.75 Å². The van der Waals surface area contributed by atoms with Gasteiger partial charge in [-0.05, 0) is 29.6 Å². The van der Waals surface area contributed by atoms with Crippen molar-refractivity contribution in [3.05, 3.63) is 70.4 Å². The highest BCUT2D eigenvalue weighted by Gasteiger charge is 2.32. The molecule has 0 saturated carbocycles. The van der Waals surface area contributed by atoms with Crippen molar-refractivity contribution < 1.29 is 14.7 Å². The van der Waals surface area contributed by atoms with Crippen molar-refractivity contribution in [1.82, 2.24) is 19.8 Å². The summed E-state index contributed by atoms with van der Waals surface area (Å²) in [5.74, 6) is -0.349. The minimum Gasteiger partial charge on any atom is -0.508 e. The number of imidazole rings is 1. The number of rotatable bonds is 4. The molecule has 27 heavy (non-hydrogen) atoms. The lowest BCUT2D eigenvalue weighted by molar-refractivity contribution is -0.125. The Balaban J connectivity index is 1.53. The molecular formula is C19H18N4O3S. The summed E-state index contributed by atoms with van der Waals surface area (Å²) in [7, 11) is 0. The van der Waals surface area contributed by atoms with Crippen molar-refractivity contribution in [2.24, 2.45) is 0 Å². The van der Waals surface area contributed by atoms with Gasteiger partial charge in [0.1, 0.15) is 11.8 Å². The summed E-state index contributed by atoms with van der Waals surface area (Å²) in [6, 6.07) is 9.59. The number of nitrogens with zero attached hydrogens (tertiary/aromatic N) is 3. The first kappa shape index (κ1) is 17.3. The van der Waals surface area contributed by atoms with Crippen molar-refractivity contribution >= 4 is 23.2 Å². The minimum atomic E-state index is -0.544. The Morgan fingerprint density at radius 3 is 2.96 bits per heavy atom. The average molecular weight is 382 g/mol. The fraction of sp³-hybridized carbons (Fsp3) is 0.211. The number of aromatic hydroxyl groups is 1. The molecule has 0 spiro atoms. The van der Waals surface area contributed by atoms with Crippen LogP contribution in [0.4, 0.5) is 0 Å². The SMILES string of the molecule is O=C(NCc1cccs1)C1CN(C(=O)c2cccc(O)c2)Cc2cncn21. The third kappa shape index (κ3) is 3.56. The first-order valence-corrected chi connectivity index (χ1v) is 9.39. The Morgan fingerprint density at radius 1 is 1.30 bits per heavy atom. The topological polar surface area (TPSA) is 87.5 Å². The normalized spacial score (nSPS) is 16.0. The monoisotopic (exact) mass is 382 g/mol. The smallest absolute Gasteiger partial charge is 0.254 e. The molecule has 0 aliphatic carbocycles. The maximum atomic E-state index is 12.9. The fourth-order valence-electron chi connectivity index (χ4n) is 3.18. The molecule has 0 bridgehead atoms. The number of thiophene rings is 1. The van der Waals surface area contributed by atoms with Crippen LogP contribution in [0.2, 0.25) is 0 Å². The predicted molar refractivity (Wildman–Crippen MR) is 100 cm³/mol. The summed E-state index contributed by atoms with van der Waals surface area (Å²) in [5, 5.41) is 14.5. The second kappa shape index (κ2) is 7.24. The van der Waals surface area contributed by atoms with Gasteiger partial charge >= 0.3 is 0 Å². The number of nitrogens with one attached hydrogen (secondary N) is 1. The average Bonchev–Trinajstić information content (AvgIpc) is 3.36. The molecule has 2 aromatic heterocycles. The number of carbonyl (C=O) groups excluding carboxylic acids is 2. The Morgan fingerprint density at radius 2 is 2.19 bits per heavy atom. The maximum Gasteiger partial charge on any atom is 0.254 e. The van der Waals surface area contributed by atoms with Gasteiger partial charge in [-0.25, -0.2) is 4.98 Å². The van der Waals surface area contributed by atoms with Gasteiger partial charge in [0.05, 0.1) is 31.7 Å². The van der Waals surface area contributed by atoms with E-state index in [9.17, 15) is 14.7 Å². The zero-order chi connectivity index (χ0) is 18.8. The van der Waals surface area contributed by atoms with Crippen LogP contribution in [0, 0.1) is 0 Å². The van der Waals surface area contributed by atoms with Gasteiger partial charge in [-0.3, -0.25) is 9.59 Å². The largest absolute Gasteiger partial charge is 0.508 e. The molecule has 4 rings (SSSR count). The van der Waals surface area contributed by atoms with E-state index in [1.807, 2.05) is 22.1 Å². The minimum absolute atomic E-state index is 0.0353. The summed E-state index contributed by atoms with van der Waals surface area (Å²) in [5.41, 5.74) is 1.19. The Kier molecular flexibility index (Phi) is 4.64. The van der Waals surface area contributed by atoms with E-state index in [1.54, 1.807) is 40.9 Å². The van der Waals surface area contributed by atoms with Crippen LogP contribution < -0.4 is 5.32 Å². The van der Waals surface area contributed by atoms with Gasteiger partial charge in [0.25, 0.3) is 5.91 Å². The number of aromatic nitrogens is 2. The Bertz CT molecular complexity index is 967. The summed E-state index contributed by atoms with van der Waals surface area (Å²) in [6.07, 6.45) is 3.29. The van der Waals surface area contributed by atoms with E-state index in [2.05, 4.69) is 10.3 Å². The highest BCUT2D eigenvalue weighted by Crippen LogP contribution is 2.24. The highest BCUT2D eigenvalue weighted by molar-refractivity contribution is 7.09. The van der Waals surface area contributed by atoms with E-state index >= 15 is 0 Å². The van der Waals surface area contributed by atoms with Crippen molar-refractivity contribution in [2.45, 2.75) is 19.1 Å². The summed E-state index contributed by atoms with van der Waals surface area (Å²) >= 11 is 1.58. The van der Waals surface area contributed by atoms with Gasteiger partial charge < -0.3 is 19.9 Å². The van der Waals surface area contributed by atoms with Crippen LogP contribution in [0.3, 0.4) is 0 Å². The lowest BCUT2D eigenvalue weighted by Gasteiger charge is -2.33. The quantitative estimate of drug-likeness (QED) is 0.724. The molecule has 0 radical (unpaired) electrons. The standard InChI is InChI=1S/C19H18N4O3S/c24-15-4-1-3-13(7-15)19(26)22-10-14-8-20-12-23(14)17(11-22)18(25)21-9-16-5-2-6-27-16/h1-8,12,17,24H,9-11H2,(H,21,25). The Labute approximate surface area is 159 Å². The van der Waals surface area contributed by atoms with Crippen LogP contribution in [0.5, 0.6) is 5.75 Å². The molecule has 2 amide bonds. The van der Waals surface area contributed by atoms with Gasteiger partial charge in [0.2, 0.25) is 5.91 Å². The lowest BCUT2D eigenvalue weighted by Crippen LogP contribution is -2.46. The third-order valence-electron chi connectivity index (χ3n) is 4.53. The van der Waals surface area contributed by atoms with Gasteiger partial charge in [-0.1, -0.05) is 12.1 Å². The first-order valence-electron chi connectivity index (χ1n) is 8.51. The number of phenolic OH excluding ortho intramolecular Hbond substituents is 1. The molecule has 3 aromatic rings. The van der Waals surface area contributed by atoms with Crippen LogP contribution in [0.1, 0.15) is 27.0 Å². The number of phenols is 1. The number of hydrogen-bond acceptors (Lipinski definition) is 5. The van der Waals surface area contributed by atoms with Crippen molar-refractivity contribution in [1.29, 1.82) is 0 Å². The zero-order valence-electron chi connectivity index (χ0n) is 14.4. The van der Waals surface area contributed by atoms with E-state index < -0.39 is 6.04 Å². The van der Waals surface area contributed by atoms with E-state index in [4.69, 9.17) is 0 Å². The molecular weight excluding hydrogens is 364 g/mol. The summed E-state index contributed by atoms with van der Waals surface area (Å²) in [4.78, 5) is 32.4. The molecule has 3 heterocycles. The molecule has 1 aromatic carbocycles. The van der Waals surface area contributed by atoms with Gasteiger partial charge in [0, 0.05) is 16.6 Å². The number of hydrogen-bond donors (Lipinski definition) is 2. The van der Waals surface area contributed by atoms with E-state index in [-0.39, 0.29) is 24.1 Å². The number of benzene rings is 1. The molecule has 1 unspecified atom stereocenters. The molecule has 1 aliphatic heterocycles. The van der Waals surface area contributed by atoms with Gasteiger partial charge in [-0.15, -0.1) is 11.3 Å². The van der Waals surface area contributed by atoms with Crippen LogP contribution in [-0.4, -0.2) is 37.9 Å². The molecule has 8 heteroatoms. The number of fused-ring (bicyclic) bond motifs is 1. The molecule has 0 saturated heterocycles. The van der Waals surface area contributed by atoms with Crippen LogP contribution >= 0.6 is 11.3 Å². The second-order valence-electron chi connectivity index (χ2n) is 6.34. The molecule has 1 atom stereocenters. The second-order valence-corrected chi connectivity index (χ2v) is 7.37. The maximum absolute atomic E-state index is 12.9. The first-order chi connectivity index (χ1) is 13.1. The molecule has 0 fully saturated rings. The number of amides is 2. The number of carbonyl (C=O) groups is 2. The fourth-order valence-corrected chi connectivity index (χ4v) is 3.83. The van der Waals surface area contributed by atoms with Gasteiger partial charge in [0.15, 0.2) is 0 Å². The lowest BCUT2D eigenvalue weighted by atomic mass is 10.1. The van der Waals surface area contributed by atoms with E-state index in [0.717, 1.165) is 10.6 Å².